The van der Waals surface area contributed by atoms with Gasteiger partial charge < -0.3 is 15.0 Å². The first-order valence-electron chi connectivity index (χ1n) is 10.4. The fraction of sp³-hybridized carbons (Fsp3) is 0.417. The average molecular weight is 387 g/mol. The van der Waals surface area contributed by atoms with Crippen LogP contribution in [0.1, 0.15) is 42.7 Å². The SMILES string of the molecule is CN1C2CCC1CC(C#N)(NC(=O)OCC1c3ccccc3-c3ccccc31)C2. The zero-order chi connectivity index (χ0) is 20.0. The Bertz CT molecular complexity index is 936. The zero-order valence-corrected chi connectivity index (χ0v) is 16.6. The first-order valence-corrected chi connectivity index (χ1v) is 10.4. The van der Waals surface area contributed by atoms with Gasteiger partial charge in [-0.25, -0.2) is 4.79 Å². The highest BCUT2D eigenvalue weighted by Crippen LogP contribution is 2.44. The summed E-state index contributed by atoms with van der Waals surface area (Å²) < 4.78 is 5.67. The number of amides is 1. The molecule has 148 valence electrons. The number of nitriles is 1. The van der Waals surface area contributed by atoms with E-state index in [-0.39, 0.29) is 12.5 Å². The van der Waals surface area contributed by atoms with E-state index in [1.807, 2.05) is 24.3 Å². The van der Waals surface area contributed by atoms with Crippen LogP contribution in [-0.4, -0.2) is 42.3 Å². The fourth-order valence-corrected chi connectivity index (χ4v) is 5.52. The Morgan fingerprint density at radius 2 is 1.66 bits per heavy atom. The second-order valence-corrected chi connectivity index (χ2v) is 8.60. The number of nitrogens with one attached hydrogen (secondary N) is 1. The summed E-state index contributed by atoms with van der Waals surface area (Å²) >= 11 is 0. The van der Waals surface area contributed by atoms with Gasteiger partial charge in [0.05, 0.1) is 6.07 Å². The Labute approximate surface area is 171 Å². The van der Waals surface area contributed by atoms with E-state index in [1.165, 1.54) is 22.3 Å². The molecule has 0 spiro atoms. The van der Waals surface area contributed by atoms with Gasteiger partial charge in [0.15, 0.2) is 0 Å². The van der Waals surface area contributed by atoms with E-state index in [0.717, 1.165) is 12.8 Å². The van der Waals surface area contributed by atoms with Crippen molar-refractivity contribution in [3.63, 3.8) is 0 Å². The lowest BCUT2D eigenvalue weighted by Gasteiger charge is -2.41. The molecule has 5 heteroatoms. The van der Waals surface area contributed by atoms with E-state index in [2.05, 4.69) is 47.6 Å². The second kappa shape index (κ2) is 6.89. The molecule has 2 aliphatic heterocycles. The van der Waals surface area contributed by atoms with Crippen molar-refractivity contribution in [1.82, 2.24) is 10.2 Å². The van der Waals surface area contributed by atoms with Gasteiger partial charge in [-0.3, -0.25) is 0 Å². The summed E-state index contributed by atoms with van der Waals surface area (Å²) in [5.41, 5.74) is 3.97. The molecule has 2 unspecified atom stereocenters. The van der Waals surface area contributed by atoms with E-state index in [4.69, 9.17) is 4.74 Å². The predicted molar refractivity (Wildman–Crippen MR) is 110 cm³/mol. The third kappa shape index (κ3) is 2.99. The van der Waals surface area contributed by atoms with Gasteiger partial charge in [-0.15, -0.1) is 0 Å². The molecule has 1 N–H and O–H groups in total. The molecule has 2 aromatic carbocycles. The highest BCUT2D eigenvalue weighted by atomic mass is 16.5. The molecular formula is C24H25N3O2. The van der Waals surface area contributed by atoms with Crippen molar-refractivity contribution in [2.45, 2.75) is 49.2 Å². The molecule has 0 aromatic heterocycles. The summed E-state index contributed by atoms with van der Waals surface area (Å²) in [6.45, 7) is 0.272. The standard InChI is InChI=1S/C24H25N3O2/c1-27-16-10-11-17(27)13-24(12-16,15-25)26-23(28)29-14-22-20-8-4-2-6-18(20)19-7-3-5-9-21(19)22/h2-9,16-17,22H,10-14H2,1H3,(H,26,28). The van der Waals surface area contributed by atoms with Crippen LogP contribution in [0, 0.1) is 11.3 Å². The molecule has 0 saturated carbocycles. The summed E-state index contributed by atoms with van der Waals surface area (Å²) in [6.07, 6.45) is 3.03. The van der Waals surface area contributed by atoms with Crippen LogP contribution in [0.4, 0.5) is 4.79 Å². The lowest BCUT2D eigenvalue weighted by Crippen LogP contribution is -2.57. The molecule has 1 amide bonds. The minimum absolute atomic E-state index is 0.0276. The van der Waals surface area contributed by atoms with Gasteiger partial charge in [0, 0.05) is 18.0 Å². The number of fused-ring (bicyclic) bond motifs is 5. The van der Waals surface area contributed by atoms with Crippen LogP contribution in [0.2, 0.25) is 0 Å². The number of benzene rings is 2. The Kier molecular flexibility index (Phi) is 4.33. The average Bonchev–Trinajstić information content (AvgIpc) is 3.16. The van der Waals surface area contributed by atoms with Crippen molar-refractivity contribution in [2.24, 2.45) is 0 Å². The molecule has 2 saturated heterocycles. The summed E-state index contributed by atoms with van der Waals surface area (Å²) in [6, 6.07) is 19.7. The quantitative estimate of drug-likeness (QED) is 0.863. The largest absolute Gasteiger partial charge is 0.449 e. The van der Waals surface area contributed by atoms with Crippen molar-refractivity contribution in [3.8, 4) is 17.2 Å². The normalized spacial score (nSPS) is 27.7. The molecule has 2 fully saturated rings. The Morgan fingerprint density at radius 1 is 1.10 bits per heavy atom. The van der Waals surface area contributed by atoms with Crippen LogP contribution in [0.15, 0.2) is 48.5 Å². The van der Waals surface area contributed by atoms with Crippen molar-refractivity contribution in [1.29, 1.82) is 5.26 Å². The number of hydrogen-bond acceptors (Lipinski definition) is 4. The zero-order valence-electron chi connectivity index (χ0n) is 16.6. The van der Waals surface area contributed by atoms with Gasteiger partial charge in [0.1, 0.15) is 12.1 Å². The van der Waals surface area contributed by atoms with Crippen LogP contribution < -0.4 is 5.32 Å². The monoisotopic (exact) mass is 387 g/mol. The van der Waals surface area contributed by atoms with Crippen molar-refractivity contribution < 1.29 is 9.53 Å². The van der Waals surface area contributed by atoms with Crippen LogP contribution >= 0.6 is 0 Å². The van der Waals surface area contributed by atoms with Gasteiger partial charge in [-0.05, 0) is 55.0 Å². The van der Waals surface area contributed by atoms with Crippen LogP contribution in [0.25, 0.3) is 11.1 Å². The molecule has 5 rings (SSSR count). The second-order valence-electron chi connectivity index (χ2n) is 8.60. The smallest absolute Gasteiger partial charge is 0.408 e. The first kappa shape index (κ1) is 18.2. The number of rotatable bonds is 3. The van der Waals surface area contributed by atoms with Crippen LogP contribution in [0.5, 0.6) is 0 Å². The van der Waals surface area contributed by atoms with E-state index in [0.29, 0.717) is 24.9 Å². The lowest BCUT2D eigenvalue weighted by atomic mass is 9.84. The lowest BCUT2D eigenvalue weighted by molar-refractivity contribution is 0.0977. The van der Waals surface area contributed by atoms with Gasteiger partial charge >= 0.3 is 6.09 Å². The fourth-order valence-electron chi connectivity index (χ4n) is 5.52. The molecule has 3 aliphatic rings. The molecule has 2 aromatic rings. The first-order chi connectivity index (χ1) is 14.1. The number of carbonyl (C=O) groups is 1. The predicted octanol–water partition coefficient (Wildman–Crippen LogP) is 4.04. The molecule has 2 bridgehead atoms. The number of nitrogens with zero attached hydrogens (tertiary/aromatic N) is 2. The summed E-state index contributed by atoms with van der Waals surface area (Å²) in [7, 11) is 2.12. The van der Waals surface area contributed by atoms with Crippen molar-refractivity contribution >= 4 is 6.09 Å². The van der Waals surface area contributed by atoms with Crippen molar-refractivity contribution in [3.05, 3.63) is 59.7 Å². The Morgan fingerprint density at radius 3 is 2.21 bits per heavy atom. The third-order valence-corrected chi connectivity index (χ3v) is 7.05. The molecule has 5 nitrogen and oxygen atoms in total. The maximum Gasteiger partial charge on any atom is 0.408 e. The number of hydrogen-bond donors (Lipinski definition) is 1. The van der Waals surface area contributed by atoms with E-state index in [9.17, 15) is 10.1 Å². The van der Waals surface area contributed by atoms with Gasteiger partial charge in [0.2, 0.25) is 0 Å². The van der Waals surface area contributed by atoms with E-state index >= 15 is 0 Å². The third-order valence-electron chi connectivity index (χ3n) is 7.05. The molecule has 29 heavy (non-hydrogen) atoms. The maximum absolute atomic E-state index is 12.7. The topological polar surface area (TPSA) is 65.4 Å². The summed E-state index contributed by atoms with van der Waals surface area (Å²) in [5, 5.41) is 12.8. The number of alkyl carbamates (subject to hydrolysis) is 1. The van der Waals surface area contributed by atoms with E-state index < -0.39 is 11.6 Å². The van der Waals surface area contributed by atoms with Gasteiger partial charge in [0.25, 0.3) is 0 Å². The number of carbonyl (C=O) groups excluding carboxylic acids is 1. The molecular weight excluding hydrogens is 362 g/mol. The maximum atomic E-state index is 12.7. The summed E-state index contributed by atoms with van der Waals surface area (Å²) in [4.78, 5) is 15.0. The Balaban J connectivity index is 1.30. The van der Waals surface area contributed by atoms with Gasteiger partial charge in [-0.2, -0.15) is 5.26 Å². The molecule has 0 radical (unpaired) electrons. The Hall–Kier alpha value is -2.84. The molecule has 1 aliphatic carbocycles. The minimum Gasteiger partial charge on any atom is -0.449 e. The highest BCUT2D eigenvalue weighted by Gasteiger charge is 2.48. The molecule has 2 atom stereocenters. The number of piperidine rings is 1. The van der Waals surface area contributed by atoms with Gasteiger partial charge in [-0.1, -0.05) is 48.5 Å². The minimum atomic E-state index is -0.819. The highest BCUT2D eigenvalue weighted by molar-refractivity contribution is 5.79. The molecule has 2 heterocycles. The number of ether oxygens (including phenoxy) is 1. The van der Waals surface area contributed by atoms with E-state index in [1.54, 1.807) is 0 Å². The van der Waals surface area contributed by atoms with Crippen LogP contribution in [0.3, 0.4) is 0 Å². The summed E-state index contributed by atoms with van der Waals surface area (Å²) in [5.74, 6) is 0.0276. The van der Waals surface area contributed by atoms with Crippen molar-refractivity contribution in [2.75, 3.05) is 13.7 Å². The van der Waals surface area contributed by atoms with Crippen LogP contribution in [-0.2, 0) is 4.74 Å².